The number of alkyl halides is 2. The number of rotatable bonds is 7. The van der Waals surface area contributed by atoms with Crippen LogP contribution in [0.15, 0.2) is 47.4 Å². The Kier molecular flexibility index (Phi) is 7.24. The van der Waals surface area contributed by atoms with E-state index in [2.05, 4.69) is 10.1 Å². The molecule has 2 aromatic carbocycles. The predicted molar refractivity (Wildman–Crippen MR) is 109 cm³/mol. The van der Waals surface area contributed by atoms with Crippen molar-refractivity contribution in [2.24, 2.45) is 0 Å². The van der Waals surface area contributed by atoms with Crippen LogP contribution in [0.5, 0.6) is 5.75 Å². The zero-order chi connectivity index (χ0) is 22.5. The van der Waals surface area contributed by atoms with E-state index in [4.69, 9.17) is 11.6 Å². The third-order valence-electron chi connectivity index (χ3n) is 4.07. The average Bonchev–Trinajstić information content (AvgIpc) is 2.96. The molecule has 162 valence electrons. The van der Waals surface area contributed by atoms with Gasteiger partial charge in [0.15, 0.2) is 0 Å². The molecular weight excluding hydrogens is 457 g/mol. The van der Waals surface area contributed by atoms with Crippen molar-refractivity contribution >= 4 is 46.5 Å². The van der Waals surface area contributed by atoms with Gasteiger partial charge in [-0.1, -0.05) is 23.7 Å². The summed E-state index contributed by atoms with van der Waals surface area (Å²) < 4.78 is 41.7. The van der Waals surface area contributed by atoms with Crippen molar-refractivity contribution in [3.05, 3.63) is 69.3 Å². The number of benzene rings is 2. The van der Waals surface area contributed by atoms with Crippen LogP contribution in [-0.4, -0.2) is 41.7 Å². The third-order valence-corrected chi connectivity index (χ3v) is 5.29. The maximum atomic E-state index is 13.1. The number of nitrogens with zero attached hydrogens (tertiary/aromatic N) is 1. The minimum atomic E-state index is -2.94. The Bertz CT molecular complexity index is 1050. The van der Waals surface area contributed by atoms with Gasteiger partial charge in [0.2, 0.25) is 0 Å². The summed E-state index contributed by atoms with van der Waals surface area (Å²) in [6.07, 6.45) is 1.45. The van der Waals surface area contributed by atoms with Crippen LogP contribution in [0.2, 0.25) is 5.02 Å². The van der Waals surface area contributed by atoms with Crippen molar-refractivity contribution < 1.29 is 32.3 Å². The van der Waals surface area contributed by atoms with Gasteiger partial charge in [0, 0.05) is 13.1 Å². The van der Waals surface area contributed by atoms with Gasteiger partial charge < -0.3 is 10.1 Å². The number of carbonyl (C=O) groups is 3. The Morgan fingerprint density at radius 3 is 2.55 bits per heavy atom. The average molecular weight is 471 g/mol. The van der Waals surface area contributed by atoms with Crippen molar-refractivity contribution in [1.82, 2.24) is 10.2 Å². The second-order valence-corrected chi connectivity index (χ2v) is 7.56. The lowest BCUT2D eigenvalue weighted by molar-refractivity contribution is -0.122. The predicted octanol–water partition coefficient (Wildman–Crippen LogP) is 4.55. The van der Waals surface area contributed by atoms with Crippen LogP contribution in [0, 0.1) is 5.82 Å². The molecule has 6 nitrogen and oxygen atoms in total. The summed E-state index contributed by atoms with van der Waals surface area (Å²) in [4.78, 5) is 37.9. The minimum Gasteiger partial charge on any atom is -0.435 e. The molecule has 0 saturated carbocycles. The Morgan fingerprint density at radius 2 is 1.90 bits per heavy atom. The molecule has 1 N–H and O–H groups in total. The zero-order valence-electron chi connectivity index (χ0n) is 15.6. The Balaban J connectivity index is 1.58. The van der Waals surface area contributed by atoms with E-state index in [0.29, 0.717) is 5.56 Å². The van der Waals surface area contributed by atoms with E-state index in [1.165, 1.54) is 36.4 Å². The van der Waals surface area contributed by atoms with E-state index in [0.717, 1.165) is 28.8 Å². The zero-order valence-corrected chi connectivity index (χ0v) is 17.2. The van der Waals surface area contributed by atoms with E-state index in [1.54, 1.807) is 0 Å². The monoisotopic (exact) mass is 470 g/mol. The molecule has 0 spiro atoms. The number of amides is 3. The third kappa shape index (κ3) is 5.80. The lowest BCUT2D eigenvalue weighted by Crippen LogP contribution is -2.37. The van der Waals surface area contributed by atoms with Gasteiger partial charge in [-0.25, -0.2) is 4.39 Å². The normalized spacial score (nSPS) is 15.1. The Hall–Kier alpha value is -2.98. The molecular formula is C20H14ClF3N2O4S. The summed E-state index contributed by atoms with van der Waals surface area (Å²) >= 11 is 6.55. The molecule has 0 atom stereocenters. The first-order valence-electron chi connectivity index (χ1n) is 8.78. The molecule has 2 aromatic rings. The van der Waals surface area contributed by atoms with Crippen molar-refractivity contribution in [1.29, 1.82) is 0 Å². The second-order valence-electron chi connectivity index (χ2n) is 6.16. The van der Waals surface area contributed by atoms with Crippen LogP contribution in [0.25, 0.3) is 6.08 Å². The molecule has 0 aromatic heterocycles. The second kappa shape index (κ2) is 9.88. The number of nitrogens with one attached hydrogen (secondary N) is 1. The van der Waals surface area contributed by atoms with Crippen molar-refractivity contribution in [2.75, 3.05) is 13.1 Å². The molecule has 31 heavy (non-hydrogen) atoms. The molecule has 11 heteroatoms. The van der Waals surface area contributed by atoms with Crippen LogP contribution in [0.3, 0.4) is 0 Å². The number of hydrogen-bond acceptors (Lipinski definition) is 5. The first-order chi connectivity index (χ1) is 14.7. The number of thioether (sulfide) groups is 1. The molecule has 1 aliphatic rings. The summed E-state index contributed by atoms with van der Waals surface area (Å²) in [5.41, 5.74) is 0.586. The van der Waals surface area contributed by atoms with Gasteiger partial charge in [0.25, 0.3) is 17.1 Å². The summed E-state index contributed by atoms with van der Waals surface area (Å²) in [5.74, 6) is -1.73. The fraction of sp³-hybridized carbons (Fsp3) is 0.150. The molecule has 1 heterocycles. The maximum Gasteiger partial charge on any atom is 0.387 e. The molecule has 0 bridgehead atoms. The highest BCUT2D eigenvalue weighted by molar-refractivity contribution is 8.18. The molecule has 3 rings (SSSR count). The number of halogens is 4. The summed E-state index contributed by atoms with van der Waals surface area (Å²) in [6, 6.07) is 8.90. The van der Waals surface area contributed by atoms with E-state index < -0.39 is 29.5 Å². The summed E-state index contributed by atoms with van der Waals surface area (Å²) in [7, 11) is 0. The standard InChI is InChI=1S/C20H14ClF3N2O4S/c21-15-10-12(22)3-6-14(15)17(27)25-7-8-26-18(28)16(31-20(26)29)9-11-1-4-13(5-2-11)30-19(23)24/h1-6,9-10,19H,7-8H2,(H,25,27)/b16-9-. The van der Waals surface area contributed by atoms with Crippen LogP contribution in [-0.2, 0) is 4.79 Å². The van der Waals surface area contributed by atoms with Crippen molar-refractivity contribution in [3.63, 3.8) is 0 Å². The molecule has 0 aliphatic carbocycles. The van der Waals surface area contributed by atoms with Gasteiger partial charge in [-0.3, -0.25) is 19.3 Å². The van der Waals surface area contributed by atoms with Gasteiger partial charge in [0.1, 0.15) is 11.6 Å². The molecule has 0 unspecified atom stereocenters. The highest BCUT2D eigenvalue weighted by Crippen LogP contribution is 2.32. The first kappa shape index (κ1) is 22.7. The van der Waals surface area contributed by atoms with E-state index in [9.17, 15) is 27.6 Å². The molecule has 1 aliphatic heterocycles. The van der Waals surface area contributed by atoms with Gasteiger partial charge in [-0.05, 0) is 53.7 Å². The van der Waals surface area contributed by atoms with E-state index in [-0.39, 0.29) is 34.3 Å². The summed E-state index contributed by atoms with van der Waals surface area (Å²) in [5, 5.41) is 1.95. The van der Waals surface area contributed by atoms with E-state index in [1.807, 2.05) is 0 Å². The Morgan fingerprint density at radius 1 is 1.19 bits per heavy atom. The minimum absolute atomic E-state index is 0.0302. The number of carbonyl (C=O) groups excluding carboxylic acids is 3. The number of imide groups is 1. The van der Waals surface area contributed by atoms with Gasteiger partial charge in [-0.15, -0.1) is 0 Å². The quantitative estimate of drug-likeness (QED) is 0.601. The lowest BCUT2D eigenvalue weighted by atomic mass is 10.2. The smallest absolute Gasteiger partial charge is 0.387 e. The van der Waals surface area contributed by atoms with Crippen LogP contribution < -0.4 is 10.1 Å². The molecule has 1 saturated heterocycles. The lowest BCUT2D eigenvalue weighted by Gasteiger charge is -2.13. The maximum absolute atomic E-state index is 13.1. The molecule has 3 amide bonds. The van der Waals surface area contributed by atoms with Crippen LogP contribution in [0.1, 0.15) is 15.9 Å². The van der Waals surface area contributed by atoms with Crippen molar-refractivity contribution in [2.45, 2.75) is 6.61 Å². The number of ether oxygens (including phenoxy) is 1. The van der Waals surface area contributed by atoms with E-state index >= 15 is 0 Å². The largest absolute Gasteiger partial charge is 0.435 e. The summed E-state index contributed by atoms with van der Waals surface area (Å²) in [6.45, 7) is -3.05. The topological polar surface area (TPSA) is 75.7 Å². The van der Waals surface area contributed by atoms with Crippen LogP contribution in [0.4, 0.5) is 18.0 Å². The SMILES string of the molecule is O=C(NCCN1C(=O)S/C(=C\c2ccc(OC(F)F)cc2)C1=O)c1ccc(F)cc1Cl. The van der Waals surface area contributed by atoms with Gasteiger partial charge in [0.05, 0.1) is 15.5 Å². The first-order valence-corrected chi connectivity index (χ1v) is 9.97. The highest BCUT2D eigenvalue weighted by atomic mass is 35.5. The molecule has 1 fully saturated rings. The van der Waals surface area contributed by atoms with Crippen LogP contribution >= 0.6 is 23.4 Å². The van der Waals surface area contributed by atoms with Gasteiger partial charge in [-0.2, -0.15) is 8.78 Å². The number of hydrogen-bond donors (Lipinski definition) is 1. The van der Waals surface area contributed by atoms with Crippen molar-refractivity contribution in [3.8, 4) is 5.75 Å². The van der Waals surface area contributed by atoms with Gasteiger partial charge >= 0.3 is 6.61 Å². The highest BCUT2D eigenvalue weighted by Gasteiger charge is 2.34. The Labute approximate surface area is 184 Å². The molecule has 0 radical (unpaired) electrons. The fourth-order valence-electron chi connectivity index (χ4n) is 2.64. The fourth-order valence-corrected chi connectivity index (χ4v) is 3.76.